The first-order valence-electron chi connectivity index (χ1n) is 17.2. The molecule has 7 rings (SSSR count). The molecule has 3 aliphatic rings. The van der Waals surface area contributed by atoms with Crippen molar-refractivity contribution in [3.05, 3.63) is 108 Å². The van der Waals surface area contributed by atoms with E-state index >= 15 is 0 Å². The molecule has 0 aliphatic carbocycles. The molecule has 4 aromatic rings. The largest absolute Gasteiger partial charge is 0.497 e. The Morgan fingerprint density at radius 2 is 1.04 bits per heavy atom. The first kappa shape index (κ1) is 37.5. The van der Waals surface area contributed by atoms with Crippen LogP contribution in [0.1, 0.15) is 11.1 Å². The number of nitrogens with zero attached hydrogens (tertiary/aromatic N) is 4. The maximum atomic E-state index is 13.4. The van der Waals surface area contributed by atoms with Crippen LogP contribution in [-0.4, -0.2) is 97.0 Å². The van der Waals surface area contributed by atoms with Crippen LogP contribution < -0.4 is 18.9 Å². The van der Waals surface area contributed by atoms with E-state index in [1.807, 2.05) is 24.3 Å². The maximum Gasteiger partial charge on any atom is 0.420 e. The van der Waals surface area contributed by atoms with E-state index in [1.165, 1.54) is 31.1 Å². The predicted octanol–water partition coefficient (Wildman–Crippen LogP) is 3.78. The van der Waals surface area contributed by atoms with Crippen LogP contribution in [0, 0.1) is 0 Å². The van der Waals surface area contributed by atoms with Crippen LogP contribution in [0.25, 0.3) is 22.5 Å². The van der Waals surface area contributed by atoms with E-state index in [4.69, 9.17) is 37.9 Å². The molecular formula is C40H36N4O12. The van der Waals surface area contributed by atoms with Crippen molar-refractivity contribution >= 4 is 23.9 Å². The second-order valence-corrected chi connectivity index (χ2v) is 12.6. The van der Waals surface area contributed by atoms with Gasteiger partial charge in [-0.3, -0.25) is 9.97 Å². The van der Waals surface area contributed by atoms with Gasteiger partial charge in [0.1, 0.15) is 5.75 Å². The van der Waals surface area contributed by atoms with Gasteiger partial charge >= 0.3 is 35.7 Å². The molecule has 2 aromatic heterocycles. The highest BCUT2D eigenvalue weighted by atomic mass is 16.8. The van der Waals surface area contributed by atoms with Crippen molar-refractivity contribution in [3.8, 4) is 45.5 Å². The molecule has 0 bridgehead atoms. The normalized spacial score (nSPS) is 17.6. The van der Waals surface area contributed by atoms with Crippen molar-refractivity contribution in [2.75, 3.05) is 41.5 Å². The average Bonchev–Trinajstić information content (AvgIpc) is 3.47. The van der Waals surface area contributed by atoms with Crippen molar-refractivity contribution in [1.29, 1.82) is 0 Å². The molecule has 0 N–H and O–H groups in total. The van der Waals surface area contributed by atoms with E-state index < -0.39 is 35.7 Å². The fraction of sp³-hybridized carbons (Fsp3) is 0.250. The highest BCUT2D eigenvalue weighted by molar-refractivity contribution is 5.95. The number of carbonyl (C=O) groups excluding carboxylic acids is 4. The summed E-state index contributed by atoms with van der Waals surface area (Å²) in [7, 11) is 6.06. The number of methoxy groups -OCH3 is 4. The quantitative estimate of drug-likeness (QED) is 0.213. The van der Waals surface area contributed by atoms with Gasteiger partial charge in [0.2, 0.25) is 5.75 Å². The molecule has 2 spiro atoms. The van der Waals surface area contributed by atoms with Gasteiger partial charge in [-0.25, -0.2) is 29.0 Å². The van der Waals surface area contributed by atoms with Crippen molar-refractivity contribution < 1.29 is 57.1 Å². The van der Waals surface area contributed by atoms with E-state index in [1.54, 1.807) is 55.9 Å². The number of aromatic nitrogens is 2. The van der Waals surface area contributed by atoms with E-state index in [9.17, 15) is 19.2 Å². The van der Waals surface area contributed by atoms with Gasteiger partial charge in [0.25, 0.3) is 0 Å². The number of rotatable bonds is 10. The van der Waals surface area contributed by atoms with Gasteiger partial charge in [0.15, 0.2) is 11.5 Å². The number of pyridine rings is 2. The summed E-state index contributed by atoms with van der Waals surface area (Å²) in [5, 5.41) is 0. The summed E-state index contributed by atoms with van der Waals surface area (Å²) in [6.07, 6.45) is 6.66. The molecule has 16 nitrogen and oxygen atoms in total. The molecule has 0 saturated carbocycles. The zero-order valence-electron chi connectivity index (χ0n) is 30.8. The number of carbonyl (C=O) groups is 4. The second-order valence-electron chi connectivity index (χ2n) is 12.6. The van der Waals surface area contributed by atoms with Gasteiger partial charge < -0.3 is 37.9 Å². The molecule has 1 saturated heterocycles. The topological polar surface area (TPSA) is 174 Å². The fourth-order valence-electron chi connectivity index (χ4n) is 6.73. The number of hydrogen-bond acceptors (Lipinski definition) is 16. The van der Waals surface area contributed by atoms with Crippen LogP contribution in [0.2, 0.25) is 0 Å². The lowest BCUT2D eigenvalue weighted by Crippen LogP contribution is -2.80. The number of esters is 4. The van der Waals surface area contributed by atoms with Crippen LogP contribution in [0.3, 0.4) is 0 Å². The molecule has 0 unspecified atom stereocenters. The lowest BCUT2D eigenvalue weighted by Gasteiger charge is -2.55. The maximum absolute atomic E-state index is 13.4. The van der Waals surface area contributed by atoms with Gasteiger partial charge in [-0.1, -0.05) is 12.1 Å². The first-order valence-corrected chi connectivity index (χ1v) is 17.2. The van der Waals surface area contributed by atoms with Gasteiger partial charge in [0, 0.05) is 74.0 Å². The molecule has 288 valence electrons. The van der Waals surface area contributed by atoms with E-state index in [-0.39, 0.29) is 26.2 Å². The molecule has 0 amide bonds. The Hall–Kier alpha value is -6.78. The van der Waals surface area contributed by atoms with E-state index in [0.29, 0.717) is 51.1 Å². The molecule has 56 heavy (non-hydrogen) atoms. The van der Waals surface area contributed by atoms with Gasteiger partial charge in [-0.05, 0) is 59.7 Å². The average molecular weight is 765 g/mol. The van der Waals surface area contributed by atoms with E-state index in [0.717, 1.165) is 29.9 Å². The molecule has 0 atom stereocenters. The summed E-state index contributed by atoms with van der Waals surface area (Å²) in [6.45, 7) is -0.0560. The lowest BCUT2D eigenvalue weighted by atomic mass is 10.0. The van der Waals surface area contributed by atoms with Crippen molar-refractivity contribution in [3.63, 3.8) is 0 Å². The summed E-state index contributed by atoms with van der Waals surface area (Å²) in [4.78, 5) is 65.4. The highest BCUT2D eigenvalue weighted by Crippen LogP contribution is 2.46. The Morgan fingerprint density at radius 1 is 0.571 bits per heavy atom. The minimum absolute atomic E-state index is 0.0422. The zero-order chi connectivity index (χ0) is 39.5. The zero-order valence-corrected chi connectivity index (χ0v) is 30.8. The Bertz CT molecular complexity index is 2190. The summed E-state index contributed by atoms with van der Waals surface area (Å²) < 4.78 is 45.8. The number of hydrogen-bond donors (Lipinski definition) is 0. The molecule has 0 radical (unpaired) electrons. The molecule has 2 aromatic carbocycles. The third-order valence-corrected chi connectivity index (χ3v) is 9.26. The Balaban J connectivity index is 1.31. The first-order chi connectivity index (χ1) is 27.1. The van der Waals surface area contributed by atoms with Crippen LogP contribution in [-0.2, 0) is 51.2 Å². The smallest absolute Gasteiger partial charge is 0.420 e. The minimum Gasteiger partial charge on any atom is -0.497 e. The van der Waals surface area contributed by atoms with Gasteiger partial charge in [-0.2, -0.15) is 0 Å². The number of benzene rings is 2. The molecule has 5 heterocycles. The fourth-order valence-corrected chi connectivity index (χ4v) is 6.73. The van der Waals surface area contributed by atoms with Crippen LogP contribution in [0.4, 0.5) is 0 Å². The highest BCUT2D eigenvalue weighted by Gasteiger charge is 2.74. The lowest BCUT2D eigenvalue weighted by molar-refractivity contribution is -0.465. The number of piperazine rings is 1. The van der Waals surface area contributed by atoms with Crippen molar-refractivity contribution in [2.45, 2.75) is 24.9 Å². The summed E-state index contributed by atoms with van der Waals surface area (Å²) in [5.41, 5.74) is 3.71. The summed E-state index contributed by atoms with van der Waals surface area (Å²) >= 11 is 0. The number of fused-ring (bicyclic) bond motifs is 1. The monoisotopic (exact) mass is 764 g/mol. The second kappa shape index (κ2) is 15.5. The Labute approximate surface area is 320 Å². The number of ether oxygens (including phenoxy) is 8. The summed E-state index contributed by atoms with van der Waals surface area (Å²) in [5.74, 6) is -7.57. The summed E-state index contributed by atoms with van der Waals surface area (Å²) in [6, 6.07) is 17.8. The molecule has 16 heteroatoms. The van der Waals surface area contributed by atoms with Gasteiger partial charge in [0.05, 0.1) is 39.8 Å². The third kappa shape index (κ3) is 7.10. The van der Waals surface area contributed by atoms with Crippen molar-refractivity contribution in [2.24, 2.45) is 0 Å². The SMILES string of the molecule is COc1cccc(-c2cc(CN3CCN(Cc4ccnc(-c5cc(OC)c(OC)c(OC)c5)c4)C4(OC(=O)C=CC(=O)O4)C34OC(=O)C=CC(=O)O4)ccn2)c1. The van der Waals surface area contributed by atoms with Crippen LogP contribution in [0.15, 0.2) is 97.4 Å². The van der Waals surface area contributed by atoms with Crippen LogP contribution >= 0.6 is 0 Å². The standard InChI is InChI=1S/C40H36N4O12/c1-49-29-7-5-6-27(20-29)30-18-25(12-14-41-30)23-43-16-17-44(24-26-13-15-42-31(19-26)28-21-32(50-2)38(52-4)33(22-28)51-3)40(55-36(47)10-11-37(48)56-40)39(43)53-34(45)8-9-35(46)54-39/h5-15,18-22H,16-17,23-24H2,1-4H3. The Kier molecular flexibility index (Phi) is 10.4. The Morgan fingerprint density at radius 3 is 1.46 bits per heavy atom. The van der Waals surface area contributed by atoms with Crippen molar-refractivity contribution in [1.82, 2.24) is 19.8 Å². The minimum atomic E-state index is -2.67. The van der Waals surface area contributed by atoms with E-state index in [2.05, 4.69) is 9.97 Å². The molecular weight excluding hydrogens is 728 g/mol. The molecule has 1 fully saturated rings. The molecule has 3 aliphatic heterocycles. The predicted molar refractivity (Wildman–Crippen MR) is 194 cm³/mol. The van der Waals surface area contributed by atoms with Gasteiger partial charge in [-0.15, -0.1) is 0 Å². The third-order valence-electron chi connectivity index (χ3n) is 9.26. The van der Waals surface area contributed by atoms with Crippen LogP contribution in [0.5, 0.6) is 23.0 Å².